The van der Waals surface area contributed by atoms with Crippen LogP contribution in [0, 0.1) is 0 Å². The molecule has 0 bridgehead atoms. The minimum atomic E-state index is -4.15. The zero-order valence-electron chi connectivity index (χ0n) is 17.1. The smallest absolute Gasteiger partial charge is 0.339 e. The van der Waals surface area contributed by atoms with Gasteiger partial charge in [-0.2, -0.15) is 0 Å². The van der Waals surface area contributed by atoms with Crippen LogP contribution in [0.4, 0.5) is 11.4 Å². The summed E-state index contributed by atoms with van der Waals surface area (Å²) in [6, 6.07) is 15.9. The van der Waals surface area contributed by atoms with Crippen LogP contribution in [-0.2, 0) is 19.6 Å². The molecule has 0 saturated carbocycles. The predicted molar refractivity (Wildman–Crippen MR) is 129 cm³/mol. The molecule has 0 spiro atoms. The second kappa shape index (κ2) is 10.4. The number of hydrogen-bond acceptors (Lipinski definition) is 5. The number of benzene rings is 3. The number of anilines is 2. The molecule has 0 aliphatic heterocycles. The molecule has 0 fully saturated rings. The average Bonchev–Trinajstić information content (AvgIpc) is 2.78. The number of nitrogens with zero attached hydrogens (tertiary/aromatic N) is 1. The Bertz CT molecular complexity index is 1300. The third-order valence-corrected chi connectivity index (χ3v) is 7.05. The first kappa shape index (κ1) is 24.9. The maximum atomic E-state index is 13.4. The Morgan fingerprint density at radius 2 is 1.64 bits per heavy atom. The lowest BCUT2D eigenvalue weighted by molar-refractivity contribution is -0.114. The highest BCUT2D eigenvalue weighted by atomic mass is 35.5. The molecule has 3 rings (SSSR count). The highest BCUT2D eigenvalue weighted by Crippen LogP contribution is 2.27. The Morgan fingerprint density at radius 3 is 2.27 bits per heavy atom. The van der Waals surface area contributed by atoms with E-state index in [4.69, 9.17) is 34.8 Å². The summed E-state index contributed by atoms with van der Waals surface area (Å²) in [5, 5.41) is 3.38. The predicted octanol–water partition coefficient (Wildman–Crippen LogP) is 5.27. The Labute approximate surface area is 205 Å². The maximum Gasteiger partial charge on any atom is 0.339 e. The highest BCUT2D eigenvalue weighted by Gasteiger charge is 2.27. The van der Waals surface area contributed by atoms with E-state index < -0.39 is 28.4 Å². The van der Waals surface area contributed by atoms with Crippen LogP contribution in [0.1, 0.15) is 10.4 Å². The van der Waals surface area contributed by atoms with Gasteiger partial charge in [0.05, 0.1) is 28.3 Å². The summed E-state index contributed by atoms with van der Waals surface area (Å²) in [4.78, 5) is 24.6. The fraction of sp³-hybridized carbons (Fsp3) is 0.0909. The molecule has 0 aliphatic rings. The molecule has 0 unspecified atom stereocenters. The monoisotopic (exact) mass is 526 g/mol. The van der Waals surface area contributed by atoms with Gasteiger partial charge in [0.25, 0.3) is 10.0 Å². The summed E-state index contributed by atoms with van der Waals surface area (Å²) in [5.74, 6) is -1.34. The van der Waals surface area contributed by atoms with Crippen LogP contribution < -0.4 is 9.62 Å². The molecule has 7 nitrogen and oxygen atoms in total. The number of hydrogen-bond donors (Lipinski definition) is 1. The third kappa shape index (κ3) is 5.97. The van der Waals surface area contributed by atoms with Crippen molar-refractivity contribution in [3.8, 4) is 0 Å². The number of nitrogens with one attached hydrogen (secondary N) is 1. The quantitative estimate of drug-likeness (QED) is 0.423. The van der Waals surface area contributed by atoms with E-state index in [0.29, 0.717) is 10.0 Å². The van der Waals surface area contributed by atoms with Gasteiger partial charge in [-0.3, -0.25) is 9.10 Å². The fourth-order valence-electron chi connectivity index (χ4n) is 2.88. The molecule has 172 valence electrons. The van der Waals surface area contributed by atoms with E-state index in [-0.39, 0.29) is 26.9 Å². The largest absolute Gasteiger partial charge is 0.465 e. The van der Waals surface area contributed by atoms with Crippen molar-refractivity contribution in [2.75, 3.05) is 23.3 Å². The lowest BCUT2D eigenvalue weighted by Gasteiger charge is -2.24. The van der Waals surface area contributed by atoms with E-state index in [0.717, 1.165) is 4.31 Å². The summed E-state index contributed by atoms with van der Waals surface area (Å²) in [6.07, 6.45) is 0. The molecular weight excluding hydrogens is 511 g/mol. The summed E-state index contributed by atoms with van der Waals surface area (Å²) in [6.45, 7) is -0.568. The number of rotatable bonds is 7. The minimum Gasteiger partial charge on any atom is -0.465 e. The van der Waals surface area contributed by atoms with Gasteiger partial charge in [-0.25, -0.2) is 13.2 Å². The van der Waals surface area contributed by atoms with Crippen LogP contribution >= 0.6 is 34.8 Å². The Hall–Kier alpha value is -2.78. The summed E-state index contributed by atoms with van der Waals surface area (Å²) < 4.78 is 32.3. The molecular formula is C22H17Cl3N2O5S. The van der Waals surface area contributed by atoms with E-state index in [1.807, 2.05) is 0 Å². The van der Waals surface area contributed by atoms with Crippen LogP contribution in [-0.4, -0.2) is 33.9 Å². The summed E-state index contributed by atoms with van der Waals surface area (Å²) in [5.41, 5.74) is 0.483. The topological polar surface area (TPSA) is 92.8 Å². The van der Waals surface area contributed by atoms with Gasteiger partial charge in [-0.15, -0.1) is 0 Å². The Morgan fingerprint density at radius 1 is 0.939 bits per heavy atom. The van der Waals surface area contributed by atoms with E-state index in [9.17, 15) is 18.0 Å². The standard InChI is InChI=1S/C22H17Cl3N2O5S/c1-32-22(29)19-12-16(7-10-20(19)25)26-21(28)13-27(17-4-2-3-15(24)11-17)33(30,31)18-8-5-14(23)6-9-18/h2-12H,13H2,1H3,(H,26,28). The molecule has 3 aromatic carbocycles. The van der Waals surface area contributed by atoms with Gasteiger partial charge in [-0.1, -0.05) is 40.9 Å². The van der Waals surface area contributed by atoms with Gasteiger partial charge in [0.15, 0.2) is 0 Å². The molecule has 0 radical (unpaired) electrons. The first-order valence-corrected chi connectivity index (χ1v) is 11.9. The second-order valence-electron chi connectivity index (χ2n) is 6.68. The average molecular weight is 528 g/mol. The van der Waals surface area contributed by atoms with Crippen molar-refractivity contribution in [1.82, 2.24) is 0 Å². The van der Waals surface area contributed by atoms with Crippen molar-refractivity contribution >= 4 is 68.1 Å². The molecule has 3 aromatic rings. The summed E-state index contributed by atoms with van der Waals surface area (Å²) in [7, 11) is -2.94. The molecule has 1 N–H and O–H groups in total. The first-order chi connectivity index (χ1) is 15.6. The Balaban J connectivity index is 1.93. The van der Waals surface area contributed by atoms with E-state index in [2.05, 4.69) is 10.1 Å². The first-order valence-electron chi connectivity index (χ1n) is 9.33. The second-order valence-corrected chi connectivity index (χ2v) is 9.82. The fourth-order valence-corrected chi connectivity index (χ4v) is 4.80. The van der Waals surface area contributed by atoms with Crippen LogP contribution in [0.3, 0.4) is 0 Å². The molecule has 11 heteroatoms. The molecule has 33 heavy (non-hydrogen) atoms. The van der Waals surface area contributed by atoms with Crippen molar-refractivity contribution < 1.29 is 22.7 Å². The zero-order valence-corrected chi connectivity index (χ0v) is 20.2. The number of esters is 1. The lowest BCUT2D eigenvalue weighted by Crippen LogP contribution is -2.38. The molecule has 0 aliphatic carbocycles. The molecule has 0 atom stereocenters. The van der Waals surface area contributed by atoms with Crippen molar-refractivity contribution in [2.45, 2.75) is 4.90 Å². The molecule has 0 aromatic heterocycles. The Kier molecular flexibility index (Phi) is 7.86. The number of methoxy groups -OCH3 is 1. The van der Waals surface area contributed by atoms with Gasteiger partial charge in [0, 0.05) is 15.7 Å². The number of carbonyl (C=O) groups excluding carboxylic acids is 2. The minimum absolute atomic E-state index is 0.0532. The van der Waals surface area contributed by atoms with Gasteiger partial charge >= 0.3 is 5.97 Å². The van der Waals surface area contributed by atoms with Crippen LogP contribution in [0.2, 0.25) is 15.1 Å². The van der Waals surface area contributed by atoms with E-state index >= 15 is 0 Å². The van der Waals surface area contributed by atoms with Gasteiger partial charge in [0.1, 0.15) is 6.54 Å². The number of carbonyl (C=O) groups is 2. The number of halogens is 3. The van der Waals surface area contributed by atoms with Crippen molar-refractivity contribution in [3.63, 3.8) is 0 Å². The number of amides is 1. The van der Waals surface area contributed by atoms with Crippen molar-refractivity contribution in [3.05, 3.63) is 87.4 Å². The normalized spacial score (nSPS) is 11.0. The molecule has 1 amide bonds. The number of sulfonamides is 1. The van der Waals surface area contributed by atoms with Gasteiger partial charge in [-0.05, 0) is 60.7 Å². The SMILES string of the molecule is COC(=O)c1cc(NC(=O)CN(c2cccc(Cl)c2)S(=O)(=O)c2ccc(Cl)cc2)ccc1Cl. The van der Waals surface area contributed by atoms with E-state index in [1.54, 1.807) is 12.1 Å². The highest BCUT2D eigenvalue weighted by molar-refractivity contribution is 7.92. The molecule has 0 saturated heterocycles. The van der Waals surface area contributed by atoms with Crippen LogP contribution in [0.25, 0.3) is 0 Å². The third-order valence-electron chi connectivity index (χ3n) is 4.44. The summed E-state index contributed by atoms with van der Waals surface area (Å²) >= 11 is 17.9. The maximum absolute atomic E-state index is 13.4. The van der Waals surface area contributed by atoms with Gasteiger partial charge < -0.3 is 10.1 Å². The van der Waals surface area contributed by atoms with Gasteiger partial charge in [0.2, 0.25) is 5.91 Å². The number of ether oxygens (including phenoxy) is 1. The van der Waals surface area contributed by atoms with Crippen LogP contribution in [0.5, 0.6) is 0 Å². The van der Waals surface area contributed by atoms with E-state index in [1.165, 1.54) is 61.7 Å². The van der Waals surface area contributed by atoms with Crippen molar-refractivity contribution in [2.24, 2.45) is 0 Å². The van der Waals surface area contributed by atoms with Crippen molar-refractivity contribution in [1.29, 1.82) is 0 Å². The molecule has 0 heterocycles. The lowest BCUT2D eigenvalue weighted by atomic mass is 10.2. The zero-order chi connectivity index (χ0) is 24.2. The van der Waals surface area contributed by atoms with Crippen LogP contribution in [0.15, 0.2) is 71.6 Å².